The van der Waals surface area contributed by atoms with Gasteiger partial charge in [0.2, 0.25) is 0 Å². The summed E-state index contributed by atoms with van der Waals surface area (Å²) in [4.78, 5) is 3.86. The second-order valence-corrected chi connectivity index (χ2v) is 4.85. The molecular weight excluding hydrogens is 334 g/mol. The number of hydrogen-bond acceptors (Lipinski definition) is 1. The van der Waals surface area contributed by atoms with Gasteiger partial charge in [-0.1, -0.05) is 12.1 Å². The normalized spacial score (nSPS) is 13.0. The number of rotatable bonds is 2. The molecule has 0 saturated carbocycles. The van der Waals surface area contributed by atoms with Gasteiger partial charge in [0, 0.05) is 18.3 Å². The number of benzene rings is 2. The van der Waals surface area contributed by atoms with Gasteiger partial charge in [-0.15, -0.1) is 0 Å². The zero-order chi connectivity index (χ0) is 18.0. The average molecular weight is 346 g/mol. The van der Waals surface area contributed by atoms with Crippen LogP contribution in [-0.4, -0.2) is 12.9 Å². The van der Waals surface area contributed by atoms with Crippen LogP contribution >= 0.6 is 0 Å². The lowest BCUT2D eigenvalue weighted by Crippen LogP contribution is -2.15. The molecule has 0 fully saturated rings. The van der Waals surface area contributed by atoms with Crippen LogP contribution in [0.1, 0.15) is 16.7 Å². The van der Waals surface area contributed by atoms with Gasteiger partial charge in [0.05, 0.1) is 11.1 Å². The summed E-state index contributed by atoms with van der Waals surface area (Å²) in [6.07, 6.45) is -8.95. The highest BCUT2D eigenvalue weighted by Gasteiger charge is 2.31. The molecule has 128 valence electrons. The Hall–Kier alpha value is -2.51. The van der Waals surface area contributed by atoms with E-state index in [9.17, 15) is 26.3 Å². The summed E-state index contributed by atoms with van der Waals surface area (Å²) in [5.74, 6) is 0.112. The van der Waals surface area contributed by atoms with Crippen molar-refractivity contribution < 1.29 is 26.3 Å². The van der Waals surface area contributed by atoms with Crippen LogP contribution in [0.25, 0.3) is 0 Å². The predicted octanol–water partition coefficient (Wildman–Crippen LogP) is 5.21. The van der Waals surface area contributed by atoms with Gasteiger partial charge < -0.3 is 5.32 Å². The Labute approximate surface area is 133 Å². The van der Waals surface area contributed by atoms with Crippen molar-refractivity contribution in [2.24, 2.45) is 4.99 Å². The number of nitrogens with zero attached hydrogens (tertiary/aromatic N) is 1. The van der Waals surface area contributed by atoms with Crippen LogP contribution in [0.2, 0.25) is 0 Å². The third kappa shape index (κ3) is 4.27. The Morgan fingerprint density at radius 2 is 1.42 bits per heavy atom. The Morgan fingerprint density at radius 1 is 0.833 bits per heavy atom. The van der Waals surface area contributed by atoms with E-state index in [1.807, 2.05) is 0 Å². The van der Waals surface area contributed by atoms with Gasteiger partial charge in [-0.05, 0) is 36.4 Å². The number of anilines is 1. The quantitative estimate of drug-likeness (QED) is 0.450. The fourth-order valence-electron chi connectivity index (χ4n) is 1.98. The third-order valence-electron chi connectivity index (χ3n) is 3.16. The Balaban J connectivity index is 2.25. The average Bonchev–Trinajstić information content (AvgIpc) is 2.51. The molecule has 0 bridgehead atoms. The molecule has 0 amide bonds. The molecule has 0 aliphatic carbocycles. The molecule has 2 aromatic rings. The maximum atomic E-state index is 12.8. The fraction of sp³-hybridized carbons (Fsp3) is 0.188. The fourth-order valence-corrected chi connectivity index (χ4v) is 1.98. The van der Waals surface area contributed by atoms with Crippen LogP contribution in [-0.2, 0) is 12.4 Å². The molecule has 24 heavy (non-hydrogen) atoms. The number of amidine groups is 1. The molecule has 2 nitrogen and oxygen atoms in total. The molecular formula is C16H12F6N2. The zero-order valence-corrected chi connectivity index (χ0v) is 12.3. The molecule has 2 rings (SSSR count). The van der Waals surface area contributed by atoms with E-state index in [1.165, 1.54) is 31.3 Å². The first kappa shape index (κ1) is 17.8. The van der Waals surface area contributed by atoms with Gasteiger partial charge in [-0.2, -0.15) is 26.3 Å². The van der Waals surface area contributed by atoms with E-state index in [1.54, 1.807) is 0 Å². The lowest BCUT2D eigenvalue weighted by molar-refractivity contribution is -0.138. The second-order valence-electron chi connectivity index (χ2n) is 4.85. The first-order valence-corrected chi connectivity index (χ1v) is 6.70. The van der Waals surface area contributed by atoms with Crippen molar-refractivity contribution in [3.05, 3.63) is 65.2 Å². The van der Waals surface area contributed by atoms with E-state index in [2.05, 4.69) is 10.3 Å². The predicted molar refractivity (Wildman–Crippen MR) is 79.0 cm³/mol. The van der Waals surface area contributed by atoms with E-state index < -0.39 is 23.5 Å². The monoisotopic (exact) mass is 346 g/mol. The molecule has 0 heterocycles. The second kappa shape index (κ2) is 6.54. The molecule has 2 aromatic carbocycles. The van der Waals surface area contributed by atoms with Crippen LogP contribution in [0, 0.1) is 0 Å². The highest BCUT2D eigenvalue weighted by Crippen LogP contribution is 2.31. The number of halogens is 6. The molecule has 0 aromatic heterocycles. The van der Waals surface area contributed by atoms with Crippen molar-refractivity contribution in [1.82, 2.24) is 0 Å². The van der Waals surface area contributed by atoms with Crippen molar-refractivity contribution in [1.29, 1.82) is 0 Å². The third-order valence-corrected chi connectivity index (χ3v) is 3.16. The zero-order valence-electron chi connectivity index (χ0n) is 12.3. The van der Waals surface area contributed by atoms with E-state index in [4.69, 9.17) is 0 Å². The first-order valence-electron chi connectivity index (χ1n) is 6.70. The largest absolute Gasteiger partial charge is 0.416 e. The highest BCUT2D eigenvalue weighted by molar-refractivity contribution is 6.08. The summed E-state index contributed by atoms with van der Waals surface area (Å²) in [6.45, 7) is 0. The Bertz CT molecular complexity index is 729. The minimum atomic E-state index is -4.50. The van der Waals surface area contributed by atoms with Crippen LogP contribution in [0.15, 0.2) is 53.5 Å². The number of aliphatic imine (C=N–C) groups is 1. The van der Waals surface area contributed by atoms with Gasteiger partial charge in [0.15, 0.2) is 0 Å². The van der Waals surface area contributed by atoms with Crippen molar-refractivity contribution in [2.75, 3.05) is 12.4 Å². The molecule has 0 atom stereocenters. The van der Waals surface area contributed by atoms with Gasteiger partial charge in [-0.3, -0.25) is 4.99 Å². The molecule has 0 saturated heterocycles. The lowest BCUT2D eigenvalue weighted by atomic mass is 10.1. The maximum absolute atomic E-state index is 12.8. The SMILES string of the molecule is CN=C(Nc1ccc(C(F)(F)F)cc1)c1cccc(C(F)(F)F)c1. The molecule has 0 radical (unpaired) electrons. The van der Waals surface area contributed by atoms with Gasteiger partial charge >= 0.3 is 12.4 Å². The van der Waals surface area contributed by atoms with Crippen LogP contribution in [0.4, 0.5) is 32.0 Å². The summed E-state index contributed by atoms with van der Waals surface area (Å²) in [7, 11) is 1.37. The summed E-state index contributed by atoms with van der Waals surface area (Å²) in [6, 6.07) is 8.62. The number of alkyl halides is 6. The van der Waals surface area contributed by atoms with Crippen molar-refractivity contribution in [3.8, 4) is 0 Å². The van der Waals surface area contributed by atoms with E-state index >= 15 is 0 Å². The number of hydrogen-bond donors (Lipinski definition) is 1. The van der Waals surface area contributed by atoms with Crippen molar-refractivity contribution in [2.45, 2.75) is 12.4 Å². The summed E-state index contributed by atoms with van der Waals surface area (Å²) in [5.41, 5.74) is -1.20. The Morgan fingerprint density at radius 3 is 1.92 bits per heavy atom. The standard InChI is InChI=1S/C16H12F6N2/c1-23-14(10-3-2-4-12(9-10)16(20,21)22)24-13-7-5-11(6-8-13)15(17,18)19/h2-9H,1H3,(H,23,24). The summed E-state index contributed by atoms with van der Waals surface area (Å²) >= 11 is 0. The first-order chi connectivity index (χ1) is 11.1. The topological polar surface area (TPSA) is 24.4 Å². The molecule has 8 heteroatoms. The smallest absolute Gasteiger partial charge is 0.340 e. The van der Waals surface area contributed by atoms with Gasteiger partial charge in [0.1, 0.15) is 5.84 Å². The van der Waals surface area contributed by atoms with Crippen molar-refractivity contribution in [3.63, 3.8) is 0 Å². The maximum Gasteiger partial charge on any atom is 0.416 e. The molecule has 0 spiro atoms. The number of nitrogens with one attached hydrogen (secondary N) is 1. The van der Waals surface area contributed by atoms with Crippen LogP contribution in [0.5, 0.6) is 0 Å². The van der Waals surface area contributed by atoms with Crippen LogP contribution < -0.4 is 5.32 Å². The van der Waals surface area contributed by atoms with Crippen molar-refractivity contribution >= 4 is 11.5 Å². The highest BCUT2D eigenvalue weighted by atomic mass is 19.4. The van der Waals surface area contributed by atoms with Crippen LogP contribution in [0.3, 0.4) is 0 Å². The molecule has 0 unspecified atom stereocenters. The lowest BCUT2D eigenvalue weighted by Gasteiger charge is -2.13. The van der Waals surface area contributed by atoms with Gasteiger partial charge in [0.25, 0.3) is 0 Å². The van der Waals surface area contributed by atoms with E-state index in [-0.39, 0.29) is 17.1 Å². The molecule has 1 N–H and O–H groups in total. The summed E-state index contributed by atoms with van der Waals surface area (Å²) in [5, 5.41) is 2.72. The van der Waals surface area contributed by atoms with E-state index in [0.717, 1.165) is 24.3 Å². The Kier molecular flexibility index (Phi) is 4.86. The minimum Gasteiger partial charge on any atom is -0.340 e. The summed E-state index contributed by atoms with van der Waals surface area (Å²) < 4.78 is 75.8. The van der Waals surface area contributed by atoms with Gasteiger partial charge in [-0.25, -0.2) is 0 Å². The minimum absolute atomic E-state index is 0.112. The van der Waals surface area contributed by atoms with E-state index in [0.29, 0.717) is 0 Å². The molecule has 0 aliphatic heterocycles. The molecule has 0 aliphatic rings.